The number of hydrogen-bond donors (Lipinski definition) is 0. The fourth-order valence-electron chi connectivity index (χ4n) is 0.833. The Labute approximate surface area is 88.1 Å². The lowest BCUT2D eigenvalue weighted by molar-refractivity contribution is 0.0619. The Kier molecular flexibility index (Phi) is 3.72. The lowest BCUT2D eigenvalue weighted by Gasteiger charge is -2.08. The standard InChI is InChI=1S/C11H11ClO2/c1-8(12)9(2)14-11(13)10-6-4-3-5-7-10/h3-8H,2H2,1H3. The Hall–Kier alpha value is -1.28. The van der Waals surface area contributed by atoms with E-state index in [1.165, 1.54) is 0 Å². The van der Waals surface area contributed by atoms with Crippen molar-refractivity contribution in [1.82, 2.24) is 0 Å². The number of alkyl halides is 1. The summed E-state index contributed by atoms with van der Waals surface area (Å²) >= 11 is 5.68. The summed E-state index contributed by atoms with van der Waals surface area (Å²) in [6, 6.07) is 8.71. The number of ether oxygens (including phenoxy) is 1. The second-order valence-corrected chi connectivity index (χ2v) is 3.49. The van der Waals surface area contributed by atoms with Gasteiger partial charge in [-0.15, -0.1) is 11.6 Å². The van der Waals surface area contributed by atoms with Gasteiger partial charge in [0.15, 0.2) is 0 Å². The van der Waals surface area contributed by atoms with Crippen molar-refractivity contribution in [3.8, 4) is 0 Å². The lowest BCUT2D eigenvalue weighted by atomic mass is 10.2. The molecule has 0 saturated heterocycles. The molecule has 0 bridgehead atoms. The first kappa shape index (κ1) is 10.8. The van der Waals surface area contributed by atoms with Crippen LogP contribution in [0.4, 0.5) is 0 Å². The van der Waals surface area contributed by atoms with Gasteiger partial charge in [-0.3, -0.25) is 0 Å². The normalized spacial score (nSPS) is 11.9. The maximum absolute atomic E-state index is 11.4. The van der Waals surface area contributed by atoms with Crippen LogP contribution in [0.2, 0.25) is 0 Å². The summed E-state index contributed by atoms with van der Waals surface area (Å²) in [5.41, 5.74) is 0.492. The molecule has 2 nitrogen and oxygen atoms in total. The molecule has 1 aromatic carbocycles. The van der Waals surface area contributed by atoms with Crippen molar-refractivity contribution >= 4 is 17.6 Å². The van der Waals surface area contributed by atoms with E-state index in [1.54, 1.807) is 31.2 Å². The van der Waals surface area contributed by atoms with Gasteiger partial charge in [-0.05, 0) is 19.1 Å². The van der Waals surface area contributed by atoms with Crippen LogP contribution in [0.25, 0.3) is 0 Å². The van der Waals surface area contributed by atoms with Gasteiger partial charge in [0.1, 0.15) is 5.76 Å². The molecule has 0 saturated carbocycles. The van der Waals surface area contributed by atoms with Crippen LogP contribution in [0.15, 0.2) is 42.7 Å². The van der Waals surface area contributed by atoms with E-state index < -0.39 is 5.97 Å². The average Bonchev–Trinajstić information content (AvgIpc) is 2.19. The molecule has 0 fully saturated rings. The number of rotatable bonds is 3. The summed E-state index contributed by atoms with van der Waals surface area (Å²) in [6.45, 7) is 5.24. The van der Waals surface area contributed by atoms with Gasteiger partial charge < -0.3 is 4.74 Å². The minimum absolute atomic E-state index is 0.264. The molecule has 1 aromatic rings. The van der Waals surface area contributed by atoms with Crippen LogP contribution < -0.4 is 0 Å². The molecule has 0 aromatic heterocycles. The Bertz CT molecular complexity index is 330. The van der Waals surface area contributed by atoms with E-state index in [0.29, 0.717) is 5.56 Å². The molecule has 0 aliphatic heterocycles. The van der Waals surface area contributed by atoms with Gasteiger partial charge in [0.25, 0.3) is 0 Å². The third-order valence-corrected chi connectivity index (χ3v) is 1.92. The number of carbonyl (C=O) groups excluding carboxylic acids is 1. The monoisotopic (exact) mass is 210 g/mol. The first-order valence-electron chi connectivity index (χ1n) is 4.21. The zero-order valence-corrected chi connectivity index (χ0v) is 8.62. The number of hydrogen-bond acceptors (Lipinski definition) is 2. The molecule has 0 N–H and O–H groups in total. The summed E-state index contributed by atoms with van der Waals surface area (Å²) in [5.74, 6) is -0.163. The summed E-state index contributed by atoms with van der Waals surface area (Å²) < 4.78 is 4.93. The fourth-order valence-corrected chi connectivity index (χ4v) is 0.878. The topological polar surface area (TPSA) is 26.3 Å². The van der Waals surface area contributed by atoms with Crippen LogP contribution in [0.1, 0.15) is 17.3 Å². The van der Waals surface area contributed by atoms with Crippen molar-refractivity contribution < 1.29 is 9.53 Å². The first-order valence-corrected chi connectivity index (χ1v) is 4.65. The quantitative estimate of drug-likeness (QED) is 0.436. The second kappa shape index (κ2) is 4.82. The number of halogens is 1. The minimum atomic E-state index is -0.428. The number of esters is 1. The van der Waals surface area contributed by atoms with Crippen molar-refractivity contribution in [2.75, 3.05) is 0 Å². The maximum Gasteiger partial charge on any atom is 0.343 e. The smallest absolute Gasteiger partial charge is 0.343 e. The van der Waals surface area contributed by atoms with E-state index in [9.17, 15) is 4.79 Å². The first-order chi connectivity index (χ1) is 6.61. The van der Waals surface area contributed by atoms with Crippen LogP contribution in [0.3, 0.4) is 0 Å². The van der Waals surface area contributed by atoms with Crippen molar-refractivity contribution in [2.24, 2.45) is 0 Å². The third kappa shape index (κ3) is 2.89. The summed E-state index contributed by atoms with van der Waals surface area (Å²) in [6.07, 6.45) is 0. The molecule has 74 valence electrons. The molecule has 14 heavy (non-hydrogen) atoms. The van der Waals surface area contributed by atoms with Crippen molar-refractivity contribution in [1.29, 1.82) is 0 Å². The highest BCUT2D eigenvalue weighted by molar-refractivity contribution is 6.22. The van der Waals surface area contributed by atoms with Crippen LogP contribution in [-0.4, -0.2) is 11.3 Å². The van der Waals surface area contributed by atoms with E-state index in [2.05, 4.69) is 6.58 Å². The zero-order valence-electron chi connectivity index (χ0n) is 7.87. The van der Waals surface area contributed by atoms with E-state index in [4.69, 9.17) is 16.3 Å². The zero-order chi connectivity index (χ0) is 10.6. The van der Waals surface area contributed by atoms with E-state index in [-0.39, 0.29) is 11.1 Å². The highest BCUT2D eigenvalue weighted by Gasteiger charge is 2.11. The number of benzene rings is 1. The molecular formula is C11H11ClO2. The van der Waals surface area contributed by atoms with Crippen molar-refractivity contribution in [3.63, 3.8) is 0 Å². The van der Waals surface area contributed by atoms with E-state index >= 15 is 0 Å². The van der Waals surface area contributed by atoms with Gasteiger partial charge in [0.05, 0.1) is 10.9 Å². The van der Waals surface area contributed by atoms with Gasteiger partial charge >= 0.3 is 5.97 Å². The third-order valence-electron chi connectivity index (χ3n) is 1.68. The van der Waals surface area contributed by atoms with E-state index in [1.807, 2.05) is 6.07 Å². The molecule has 3 heteroatoms. The molecule has 1 unspecified atom stereocenters. The van der Waals surface area contributed by atoms with Gasteiger partial charge in [0.2, 0.25) is 0 Å². The van der Waals surface area contributed by atoms with E-state index in [0.717, 1.165) is 0 Å². The molecule has 1 atom stereocenters. The van der Waals surface area contributed by atoms with Gasteiger partial charge in [-0.2, -0.15) is 0 Å². The van der Waals surface area contributed by atoms with Crippen LogP contribution in [-0.2, 0) is 4.74 Å². The van der Waals surface area contributed by atoms with Crippen molar-refractivity contribution in [3.05, 3.63) is 48.2 Å². The molecule has 0 heterocycles. The SMILES string of the molecule is C=C(OC(=O)c1ccccc1)C(C)Cl. The Balaban J connectivity index is 2.65. The molecule has 0 radical (unpaired) electrons. The molecule has 1 rings (SSSR count). The largest absolute Gasteiger partial charge is 0.427 e. The number of allylic oxidation sites excluding steroid dienone is 1. The lowest BCUT2D eigenvalue weighted by Crippen LogP contribution is -2.08. The highest BCUT2D eigenvalue weighted by atomic mass is 35.5. The van der Waals surface area contributed by atoms with Crippen LogP contribution >= 0.6 is 11.6 Å². The van der Waals surface area contributed by atoms with Gasteiger partial charge in [-0.1, -0.05) is 24.8 Å². The predicted molar refractivity (Wildman–Crippen MR) is 56.3 cm³/mol. The van der Waals surface area contributed by atoms with Crippen LogP contribution in [0.5, 0.6) is 0 Å². The second-order valence-electron chi connectivity index (χ2n) is 2.84. The Morgan fingerprint density at radius 1 is 1.43 bits per heavy atom. The summed E-state index contributed by atoms with van der Waals surface area (Å²) in [5, 5.41) is -0.373. The van der Waals surface area contributed by atoms with Gasteiger partial charge in [-0.25, -0.2) is 4.79 Å². The molecular weight excluding hydrogens is 200 g/mol. The molecule has 0 spiro atoms. The van der Waals surface area contributed by atoms with Crippen LogP contribution in [0, 0.1) is 0 Å². The number of carbonyl (C=O) groups is 1. The molecule has 0 aliphatic rings. The summed E-state index contributed by atoms with van der Waals surface area (Å²) in [4.78, 5) is 11.4. The summed E-state index contributed by atoms with van der Waals surface area (Å²) in [7, 11) is 0. The maximum atomic E-state index is 11.4. The fraction of sp³-hybridized carbons (Fsp3) is 0.182. The molecule has 0 aliphatic carbocycles. The predicted octanol–water partition coefficient (Wildman–Crippen LogP) is 2.98. The molecule has 0 amide bonds. The average molecular weight is 211 g/mol. The Morgan fingerprint density at radius 3 is 2.50 bits per heavy atom. The van der Waals surface area contributed by atoms with Crippen molar-refractivity contribution in [2.45, 2.75) is 12.3 Å². The minimum Gasteiger partial charge on any atom is -0.427 e. The Morgan fingerprint density at radius 2 is 2.00 bits per heavy atom. The van der Waals surface area contributed by atoms with Gasteiger partial charge in [0, 0.05) is 0 Å². The highest BCUT2D eigenvalue weighted by Crippen LogP contribution is 2.11.